The Hall–Kier alpha value is -1.69. The molecule has 0 spiro atoms. The lowest BCUT2D eigenvalue weighted by Crippen LogP contribution is -2.19. The zero-order chi connectivity index (χ0) is 12.3. The molecule has 0 amide bonds. The van der Waals surface area contributed by atoms with Gasteiger partial charge in [-0.15, -0.1) is 0 Å². The summed E-state index contributed by atoms with van der Waals surface area (Å²) < 4.78 is 18.8. The first-order chi connectivity index (χ1) is 8.16. The Morgan fingerprint density at radius 2 is 2.41 bits per heavy atom. The van der Waals surface area contributed by atoms with Gasteiger partial charge in [-0.25, -0.2) is 4.39 Å². The van der Waals surface area contributed by atoms with Gasteiger partial charge in [0.1, 0.15) is 5.82 Å². The first kappa shape index (κ1) is 11.8. The van der Waals surface area contributed by atoms with Crippen molar-refractivity contribution in [3.8, 4) is 0 Å². The second-order valence-electron chi connectivity index (χ2n) is 3.94. The number of non-ortho nitro benzene ring substituents is 1. The lowest BCUT2D eigenvalue weighted by Gasteiger charge is -2.12. The molecule has 17 heavy (non-hydrogen) atoms. The van der Waals surface area contributed by atoms with Crippen LogP contribution in [0.2, 0.25) is 0 Å². The van der Waals surface area contributed by atoms with Crippen LogP contribution < -0.4 is 5.32 Å². The first-order valence-corrected chi connectivity index (χ1v) is 5.46. The average Bonchev–Trinajstić information content (AvgIpc) is 2.80. The lowest BCUT2D eigenvalue weighted by atomic mass is 10.2. The van der Waals surface area contributed by atoms with E-state index in [9.17, 15) is 14.5 Å². The van der Waals surface area contributed by atoms with Gasteiger partial charge >= 0.3 is 0 Å². The predicted molar refractivity (Wildman–Crippen MR) is 60.5 cm³/mol. The van der Waals surface area contributed by atoms with Crippen molar-refractivity contribution in [2.24, 2.45) is 0 Å². The van der Waals surface area contributed by atoms with Crippen molar-refractivity contribution in [2.75, 3.05) is 18.5 Å². The van der Waals surface area contributed by atoms with Crippen LogP contribution in [-0.4, -0.2) is 24.2 Å². The van der Waals surface area contributed by atoms with Crippen LogP contribution in [0.25, 0.3) is 0 Å². The maximum absolute atomic E-state index is 13.4. The maximum Gasteiger partial charge on any atom is 0.271 e. The maximum atomic E-state index is 13.4. The highest BCUT2D eigenvalue weighted by atomic mass is 19.1. The van der Waals surface area contributed by atoms with Gasteiger partial charge in [0.2, 0.25) is 0 Å². The summed E-state index contributed by atoms with van der Waals surface area (Å²) in [5, 5.41) is 13.4. The van der Waals surface area contributed by atoms with Gasteiger partial charge in [0.15, 0.2) is 0 Å². The van der Waals surface area contributed by atoms with Crippen LogP contribution in [0.15, 0.2) is 18.2 Å². The molecule has 1 saturated heterocycles. The fourth-order valence-corrected chi connectivity index (χ4v) is 1.79. The number of ether oxygens (including phenoxy) is 1. The molecule has 1 aliphatic rings. The number of nitrogens with zero attached hydrogens (tertiary/aromatic N) is 1. The van der Waals surface area contributed by atoms with Gasteiger partial charge < -0.3 is 10.1 Å². The molecule has 1 fully saturated rings. The van der Waals surface area contributed by atoms with E-state index in [0.717, 1.165) is 31.6 Å². The van der Waals surface area contributed by atoms with E-state index >= 15 is 0 Å². The molecule has 1 aliphatic heterocycles. The molecule has 0 aliphatic carbocycles. The van der Waals surface area contributed by atoms with E-state index in [-0.39, 0.29) is 17.5 Å². The zero-order valence-electron chi connectivity index (χ0n) is 9.19. The molecule has 1 atom stereocenters. The molecular weight excluding hydrogens is 227 g/mol. The molecule has 92 valence electrons. The molecule has 0 aromatic heterocycles. The quantitative estimate of drug-likeness (QED) is 0.648. The van der Waals surface area contributed by atoms with Gasteiger partial charge in [-0.05, 0) is 18.9 Å². The molecule has 0 bridgehead atoms. The predicted octanol–water partition coefficient (Wildman–Crippen LogP) is 2.32. The largest absolute Gasteiger partial charge is 0.380 e. The van der Waals surface area contributed by atoms with Crippen molar-refractivity contribution in [3.05, 3.63) is 34.1 Å². The highest BCUT2D eigenvalue weighted by Gasteiger charge is 2.16. The van der Waals surface area contributed by atoms with Crippen molar-refractivity contribution in [1.82, 2.24) is 0 Å². The number of benzene rings is 1. The van der Waals surface area contributed by atoms with Crippen molar-refractivity contribution < 1.29 is 14.1 Å². The van der Waals surface area contributed by atoms with Crippen LogP contribution in [0, 0.1) is 15.9 Å². The number of rotatable bonds is 4. The Balaban J connectivity index is 2.03. The summed E-state index contributed by atoms with van der Waals surface area (Å²) >= 11 is 0. The van der Waals surface area contributed by atoms with E-state index in [2.05, 4.69) is 5.32 Å². The van der Waals surface area contributed by atoms with Crippen LogP contribution in [-0.2, 0) is 4.74 Å². The molecular formula is C11H13FN2O3. The number of nitrogens with one attached hydrogen (secondary N) is 1. The van der Waals surface area contributed by atoms with Gasteiger partial charge in [-0.2, -0.15) is 0 Å². The van der Waals surface area contributed by atoms with E-state index in [4.69, 9.17) is 4.74 Å². The first-order valence-electron chi connectivity index (χ1n) is 5.46. The highest BCUT2D eigenvalue weighted by molar-refractivity contribution is 5.52. The van der Waals surface area contributed by atoms with Crippen LogP contribution in [0.4, 0.5) is 15.8 Å². The van der Waals surface area contributed by atoms with Crippen molar-refractivity contribution in [2.45, 2.75) is 18.9 Å². The molecule has 0 radical (unpaired) electrons. The van der Waals surface area contributed by atoms with Gasteiger partial charge in [-0.3, -0.25) is 10.1 Å². The summed E-state index contributed by atoms with van der Waals surface area (Å²) in [6.45, 7) is 1.20. The summed E-state index contributed by atoms with van der Waals surface area (Å²) in [6, 6.07) is 3.44. The van der Waals surface area contributed by atoms with E-state index in [1.54, 1.807) is 0 Å². The summed E-state index contributed by atoms with van der Waals surface area (Å²) in [5.74, 6) is -0.492. The Labute approximate surface area is 97.7 Å². The SMILES string of the molecule is O=[N+]([O-])c1ccc(F)c(NCC2CCCO2)c1. The van der Waals surface area contributed by atoms with E-state index in [1.165, 1.54) is 6.07 Å². The summed E-state index contributed by atoms with van der Waals surface area (Å²) in [7, 11) is 0. The van der Waals surface area contributed by atoms with E-state index in [0.29, 0.717) is 6.54 Å². The molecule has 1 N–H and O–H groups in total. The summed E-state index contributed by atoms with van der Waals surface area (Å²) in [6.07, 6.45) is 2.00. The second kappa shape index (κ2) is 5.09. The number of hydrogen-bond donors (Lipinski definition) is 1. The Morgan fingerprint density at radius 3 is 3.06 bits per heavy atom. The van der Waals surface area contributed by atoms with Crippen molar-refractivity contribution in [1.29, 1.82) is 0 Å². The standard InChI is InChI=1S/C11H13FN2O3/c12-10-4-3-8(14(15)16)6-11(10)13-7-9-2-1-5-17-9/h3-4,6,9,13H,1-2,5,7H2. The summed E-state index contributed by atoms with van der Waals surface area (Å²) in [4.78, 5) is 10.0. The molecule has 6 heteroatoms. The van der Waals surface area contributed by atoms with E-state index < -0.39 is 10.7 Å². The topological polar surface area (TPSA) is 64.4 Å². The molecule has 1 unspecified atom stereocenters. The van der Waals surface area contributed by atoms with Gasteiger partial charge in [-0.1, -0.05) is 0 Å². The Kier molecular flexibility index (Phi) is 3.53. The van der Waals surface area contributed by atoms with Gasteiger partial charge in [0.25, 0.3) is 5.69 Å². The van der Waals surface area contributed by atoms with Crippen LogP contribution in [0.5, 0.6) is 0 Å². The number of anilines is 1. The number of halogens is 1. The molecule has 1 heterocycles. The molecule has 0 saturated carbocycles. The minimum atomic E-state index is -0.545. The molecule has 2 rings (SSSR count). The number of nitro groups is 1. The van der Waals surface area contributed by atoms with Crippen LogP contribution >= 0.6 is 0 Å². The number of hydrogen-bond acceptors (Lipinski definition) is 4. The third-order valence-electron chi connectivity index (χ3n) is 2.70. The van der Waals surface area contributed by atoms with E-state index in [1.807, 2.05) is 0 Å². The van der Waals surface area contributed by atoms with Crippen LogP contribution in [0.3, 0.4) is 0 Å². The molecule has 1 aromatic rings. The minimum Gasteiger partial charge on any atom is -0.380 e. The monoisotopic (exact) mass is 240 g/mol. The Bertz CT molecular complexity index is 419. The zero-order valence-corrected chi connectivity index (χ0v) is 9.19. The average molecular weight is 240 g/mol. The number of nitro benzene ring substituents is 1. The van der Waals surface area contributed by atoms with Crippen LogP contribution in [0.1, 0.15) is 12.8 Å². The molecule has 5 nitrogen and oxygen atoms in total. The lowest BCUT2D eigenvalue weighted by molar-refractivity contribution is -0.384. The third-order valence-corrected chi connectivity index (χ3v) is 2.70. The van der Waals surface area contributed by atoms with Crippen molar-refractivity contribution in [3.63, 3.8) is 0 Å². The van der Waals surface area contributed by atoms with Gasteiger partial charge in [0, 0.05) is 25.3 Å². The second-order valence-corrected chi connectivity index (χ2v) is 3.94. The summed E-state index contributed by atoms with van der Waals surface area (Å²) in [5.41, 5.74) is 0.0240. The highest BCUT2D eigenvalue weighted by Crippen LogP contribution is 2.22. The fourth-order valence-electron chi connectivity index (χ4n) is 1.79. The fraction of sp³-hybridized carbons (Fsp3) is 0.455. The minimum absolute atomic E-state index is 0.0636. The third kappa shape index (κ3) is 2.91. The van der Waals surface area contributed by atoms with Gasteiger partial charge in [0.05, 0.1) is 16.7 Å². The normalized spacial score (nSPS) is 19.2. The smallest absolute Gasteiger partial charge is 0.271 e. The Morgan fingerprint density at radius 1 is 1.59 bits per heavy atom. The van der Waals surface area contributed by atoms with Crippen molar-refractivity contribution >= 4 is 11.4 Å². The molecule has 1 aromatic carbocycles.